The predicted molar refractivity (Wildman–Crippen MR) is 79.5 cm³/mol. The first kappa shape index (κ1) is 15.2. The van der Waals surface area contributed by atoms with Gasteiger partial charge in [0, 0.05) is 5.33 Å². The molecule has 0 aliphatic rings. The highest BCUT2D eigenvalue weighted by Gasteiger charge is 2.18. The first-order valence-corrected chi connectivity index (χ1v) is 7.38. The number of hydrogen-bond acceptors (Lipinski definition) is 4. The summed E-state index contributed by atoms with van der Waals surface area (Å²) in [6.45, 7) is 11.3. The molecule has 0 fully saturated rings. The fourth-order valence-corrected chi connectivity index (χ4v) is 2.62. The maximum Gasteiger partial charge on any atom is 0.413 e. The minimum atomic E-state index is -0.515. The topological polar surface area (TPSA) is 51.2 Å². The number of alkyl halides is 1. The summed E-state index contributed by atoms with van der Waals surface area (Å²) < 4.78 is 5.16. The fourth-order valence-electron chi connectivity index (χ4n) is 1.23. The van der Waals surface area contributed by atoms with Gasteiger partial charge in [0.2, 0.25) is 0 Å². The van der Waals surface area contributed by atoms with Crippen LogP contribution in [0.4, 0.5) is 9.93 Å². The molecule has 100 valence electrons. The largest absolute Gasteiger partial charge is 0.444 e. The molecule has 1 rings (SSSR count). The molecule has 0 unspecified atom stereocenters. The zero-order valence-electron chi connectivity index (χ0n) is 11.0. The van der Waals surface area contributed by atoms with Crippen LogP contribution in [0.25, 0.3) is 5.57 Å². The molecule has 4 nitrogen and oxygen atoms in total. The molecule has 0 aliphatic carbocycles. The second-order valence-electron chi connectivity index (χ2n) is 4.80. The summed E-state index contributed by atoms with van der Waals surface area (Å²) >= 11 is 4.75. The summed E-state index contributed by atoms with van der Waals surface area (Å²) in [5, 5.41) is 3.84. The van der Waals surface area contributed by atoms with E-state index in [1.165, 1.54) is 11.3 Å². The molecule has 0 aliphatic heterocycles. The molecule has 18 heavy (non-hydrogen) atoms. The predicted octanol–water partition coefficient (Wildman–Crippen LogP) is 4.21. The normalized spacial score (nSPS) is 11.2. The van der Waals surface area contributed by atoms with Crippen LogP contribution in [0.2, 0.25) is 0 Å². The monoisotopic (exact) mass is 332 g/mol. The maximum atomic E-state index is 11.6. The van der Waals surface area contributed by atoms with Gasteiger partial charge in [0.05, 0.1) is 10.6 Å². The summed E-state index contributed by atoms with van der Waals surface area (Å²) in [5.74, 6) is 0. The second kappa shape index (κ2) is 5.84. The minimum absolute atomic E-state index is 0.493. The SMILES string of the molecule is C=C(CBr)c1sc(NC(=O)OC(C)(C)C)nc1C. The average molecular weight is 333 g/mol. The smallest absolute Gasteiger partial charge is 0.413 e. The van der Waals surface area contributed by atoms with E-state index in [1.807, 2.05) is 27.7 Å². The minimum Gasteiger partial charge on any atom is -0.444 e. The Balaban J connectivity index is 2.75. The number of amides is 1. The van der Waals surface area contributed by atoms with Crippen LogP contribution in [0.1, 0.15) is 31.3 Å². The zero-order chi connectivity index (χ0) is 13.9. The van der Waals surface area contributed by atoms with Crippen LogP contribution in [0.5, 0.6) is 0 Å². The number of rotatable bonds is 3. The van der Waals surface area contributed by atoms with Gasteiger partial charge in [-0.15, -0.1) is 0 Å². The van der Waals surface area contributed by atoms with E-state index in [4.69, 9.17) is 4.74 Å². The van der Waals surface area contributed by atoms with Crippen LogP contribution in [-0.2, 0) is 4.74 Å². The van der Waals surface area contributed by atoms with Crippen molar-refractivity contribution < 1.29 is 9.53 Å². The standard InChI is InChI=1S/C12H17BrN2O2S/c1-7(6-13)9-8(2)14-10(18-9)15-11(16)17-12(3,4)5/h1,6H2,2-5H3,(H,14,15,16). The lowest BCUT2D eigenvalue weighted by Gasteiger charge is -2.18. The average Bonchev–Trinajstić information content (AvgIpc) is 2.55. The summed E-state index contributed by atoms with van der Waals surface area (Å²) in [6.07, 6.45) is -0.493. The van der Waals surface area contributed by atoms with Crippen molar-refractivity contribution in [3.8, 4) is 0 Å². The fraction of sp³-hybridized carbons (Fsp3) is 0.500. The Hall–Kier alpha value is -0.880. The molecule has 0 bridgehead atoms. The van der Waals surface area contributed by atoms with Gasteiger partial charge >= 0.3 is 6.09 Å². The Morgan fingerprint density at radius 1 is 1.56 bits per heavy atom. The van der Waals surface area contributed by atoms with Gasteiger partial charge in [0.1, 0.15) is 5.60 Å². The van der Waals surface area contributed by atoms with Crippen LogP contribution < -0.4 is 5.32 Å². The molecule has 1 aromatic rings. The van der Waals surface area contributed by atoms with E-state index in [0.717, 1.165) is 16.1 Å². The first-order valence-electron chi connectivity index (χ1n) is 5.44. The van der Waals surface area contributed by atoms with Crippen molar-refractivity contribution >= 4 is 44.1 Å². The molecular weight excluding hydrogens is 316 g/mol. The summed E-state index contributed by atoms with van der Waals surface area (Å²) in [5.41, 5.74) is 1.29. The van der Waals surface area contributed by atoms with E-state index in [2.05, 4.69) is 32.8 Å². The van der Waals surface area contributed by atoms with Crippen molar-refractivity contribution in [1.82, 2.24) is 4.98 Å². The number of carbonyl (C=O) groups excluding carboxylic acids is 1. The molecule has 0 saturated heterocycles. The van der Waals surface area contributed by atoms with E-state index in [-0.39, 0.29) is 0 Å². The van der Waals surface area contributed by atoms with Crippen molar-refractivity contribution in [1.29, 1.82) is 0 Å². The Morgan fingerprint density at radius 3 is 2.67 bits per heavy atom. The molecule has 0 atom stereocenters. The highest BCUT2D eigenvalue weighted by molar-refractivity contribution is 9.09. The lowest BCUT2D eigenvalue weighted by Crippen LogP contribution is -2.27. The number of aryl methyl sites for hydroxylation is 1. The summed E-state index contributed by atoms with van der Waals surface area (Å²) in [6, 6.07) is 0. The summed E-state index contributed by atoms with van der Waals surface area (Å²) in [4.78, 5) is 16.8. The van der Waals surface area contributed by atoms with Crippen LogP contribution in [0, 0.1) is 6.92 Å². The van der Waals surface area contributed by atoms with Gasteiger partial charge in [-0.1, -0.05) is 33.8 Å². The molecular formula is C12H17BrN2O2S. The number of nitrogens with zero attached hydrogens (tertiary/aromatic N) is 1. The van der Waals surface area contributed by atoms with Crippen LogP contribution >= 0.6 is 27.3 Å². The summed E-state index contributed by atoms with van der Waals surface area (Å²) in [7, 11) is 0. The molecule has 0 radical (unpaired) electrons. The van der Waals surface area contributed by atoms with Gasteiger partial charge < -0.3 is 4.74 Å². The van der Waals surface area contributed by atoms with Crippen molar-refractivity contribution in [2.45, 2.75) is 33.3 Å². The van der Waals surface area contributed by atoms with E-state index in [9.17, 15) is 4.79 Å². The van der Waals surface area contributed by atoms with Crippen LogP contribution in [-0.4, -0.2) is 22.0 Å². The highest BCUT2D eigenvalue weighted by Crippen LogP contribution is 2.29. The number of halogens is 1. The number of ether oxygens (including phenoxy) is 1. The van der Waals surface area contributed by atoms with Gasteiger partial charge in [-0.3, -0.25) is 5.32 Å². The lowest BCUT2D eigenvalue weighted by molar-refractivity contribution is 0.0636. The van der Waals surface area contributed by atoms with E-state index in [0.29, 0.717) is 10.5 Å². The third-order valence-electron chi connectivity index (χ3n) is 1.89. The number of hydrogen-bond donors (Lipinski definition) is 1. The van der Waals surface area contributed by atoms with E-state index >= 15 is 0 Å². The van der Waals surface area contributed by atoms with Crippen molar-refractivity contribution in [2.24, 2.45) is 0 Å². The molecule has 6 heteroatoms. The number of carbonyl (C=O) groups is 1. The van der Waals surface area contributed by atoms with E-state index < -0.39 is 11.7 Å². The third kappa shape index (κ3) is 4.42. The molecule has 1 amide bonds. The molecule has 1 N–H and O–H groups in total. The second-order valence-corrected chi connectivity index (χ2v) is 6.36. The van der Waals surface area contributed by atoms with Crippen molar-refractivity contribution in [3.63, 3.8) is 0 Å². The number of nitrogens with one attached hydrogen (secondary N) is 1. The maximum absolute atomic E-state index is 11.6. The number of anilines is 1. The molecule has 1 heterocycles. The molecule has 0 spiro atoms. The van der Waals surface area contributed by atoms with Crippen LogP contribution in [0.15, 0.2) is 6.58 Å². The Morgan fingerprint density at radius 2 is 2.17 bits per heavy atom. The Bertz CT molecular complexity index is 463. The Kier molecular flexibility index (Phi) is 4.92. The number of thiazole rings is 1. The highest BCUT2D eigenvalue weighted by atomic mass is 79.9. The lowest BCUT2D eigenvalue weighted by atomic mass is 10.2. The molecule has 1 aromatic heterocycles. The molecule has 0 aromatic carbocycles. The van der Waals surface area contributed by atoms with Gasteiger partial charge in [-0.25, -0.2) is 9.78 Å². The van der Waals surface area contributed by atoms with Crippen LogP contribution in [0.3, 0.4) is 0 Å². The van der Waals surface area contributed by atoms with Gasteiger partial charge in [0.15, 0.2) is 5.13 Å². The first-order chi connectivity index (χ1) is 8.23. The molecule has 0 saturated carbocycles. The zero-order valence-corrected chi connectivity index (χ0v) is 13.4. The quantitative estimate of drug-likeness (QED) is 0.843. The van der Waals surface area contributed by atoms with Gasteiger partial charge in [-0.05, 0) is 33.3 Å². The number of allylic oxidation sites excluding steroid dienone is 1. The van der Waals surface area contributed by atoms with Crippen molar-refractivity contribution in [2.75, 3.05) is 10.6 Å². The van der Waals surface area contributed by atoms with Gasteiger partial charge in [-0.2, -0.15) is 0 Å². The third-order valence-corrected chi connectivity index (χ3v) is 3.74. The van der Waals surface area contributed by atoms with Gasteiger partial charge in [0.25, 0.3) is 0 Å². The van der Waals surface area contributed by atoms with E-state index in [1.54, 1.807) is 0 Å². The van der Waals surface area contributed by atoms with Crippen molar-refractivity contribution in [3.05, 3.63) is 17.2 Å². The Labute approximate surface area is 120 Å². The number of aromatic nitrogens is 1.